The number of hydrogen-bond acceptors (Lipinski definition) is 3. The van der Waals surface area contributed by atoms with Crippen LogP contribution in [-0.4, -0.2) is 25.3 Å². The normalized spacial score (nSPS) is 37.1. The van der Waals surface area contributed by atoms with Crippen LogP contribution >= 0.6 is 0 Å². The first kappa shape index (κ1) is 9.71. The Morgan fingerprint density at radius 3 is 3.00 bits per heavy atom. The molecule has 1 fully saturated rings. The van der Waals surface area contributed by atoms with Crippen molar-refractivity contribution in [1.82, 2.24) is 0 Å². The number of hydrogen-bond donors (Lipinski definition) is 0. The van der Waals surface area contributed by atoms with E-state index in [1.165, 1.54) is 5.57 Å². The zero-order valence-electron chi connectivity index (χ0n) is 8.66. The molecule has 3 atom stereocenters. The second kappa shape index (κ2) is 3.73. The van der Waals surface area contributed by atoms with Gasteiger partial charge < -0.3 is 9.47 Å². The van der Waals surface area contributed by atoms with Crippen molar-refractivity contribution in [3.63, 3.8) is 0 Å². The highest BCUT2D eigenvalue weighted by molar-refractivity contribution is 5.84. The fraction of sp³-hybridized carbons (Fsp3) is 0.727. The van der Waals surface area contributed by atoms with Gasteiger partial charge in [-0.25, -0.2) is 4.79 Å². The third-order valence-electron chi connectivity index (χ3n) is 3.27. The molecule has 3 nitrogen and oxygen atoms in total. The van der Waals surface area contributed by atoms with Crippen molar-refractivity contribution in [3.8, 4) is 0 Å². The van der Waals surface area contributed by atoms with Crippen LogP contribution in [0.15, 0.2) is 11.6 Å². The summed E-state index contributed by atoms with van der Waals surface area (Å²) in [6.07, 6.45) is 4.91. The summed E-state index contributed by atoms with van der Waals surface area (Å²) < 4.78 is 10.6. The van der Waals surface area contributed by atoms with Crippen LogP contribution in [0.25, 0.3) is 0 Å². The molecule has 0 spiro atoms. The monoisotopic (exact) mass is 196 g/mol. The van der Waals surface area contributed by atoms with E-state index in [9.17, 15) is 4.79 Å². The lowest BCUT2D eigenvalue weighted by molar-refractivity contribution is -0.151. The Hall–Kier alpha value is -0.830. The molecule has 0 N–H and O–H groups in total. The highest BCUT2D eigenvalue weighted by atomic mass is 16.5. The van der Waals surface area contributed by atoms with Gasteiger partial charge in [-0.15, -0.1) is 0 Å². The highest BCUT2D eigenvalue weighted by Crippen LogP contribution is 2.35. The number of ether oxygens (including phenoxy) is 2. The molecule has 0 radical (unpaired) electrons. The molecule has 2 aliphatic rings. The molecule has 1 heterocycles. The highest BCUT2D eigenvalue weighted by Gasteiger charge is 2.36. The molecule has 0 bridgehead atoms. The average molecular weight is 196 g/mol. The smallest absolute Gasteiger partial charge is 0.330 e. The van der Waals surface area contributed by atoms with Gasteiger partial charge in [0.25, 0.3) is 0 Å². The molecule has 78 valence electrons. The molecular weight excluding hydrogens is 180 g/mol. The van der Waals surface area contributed by atoms with Crippen molar-refractivity contribution in [3.05, 3.63) is 11.6 Å². The van der Waals surface area contributed by atoms with E-state index in [2.05, 4.69) is 0 Å². The fourth-order valence-electron chi connectivity index (χ4n) is 2.43. The van der Waals surface area contributed by atoms with Gasteiger partial charge in [0.15, 0.2) is 0 Å². The minimum Gasteiger partial charge on any atom is -0.458 e. The zero-order chi connectivity index (χ0) is 10.1. The molecule has 0 amide bonds. The van der Waals surface area contributed by atoms with E-state index in [1.54, 1.807) is 13.2 Å². The van der Waals surface area contributed by atoms with E-state index < -0.39 is 0 Å². The van der Waals surface area contributed by atoms with Crippen molar-refractivity contribution in [1.29, 1.82) is 0 Å². The fourth-order valence-corrected chi connectivity index (χ4v) is 2.43. The Bertz CT molecular complexity index is 270. The Balaban J connectivity index is 2.11. The second-order valence-electron chi connectivity index (χ2n) is 4.14. The average Bonchev–Trinajstić information content (AvgIpc) is 2.16. The van der Waals surface area contributed by atoms with Gasteiger partial charge in [0.1, 0.15) is 6.10 Å². The third kappa shape index (κ3) is 1.69. The minimum absolute atomic E-state index is 0.0474. The Morgan fingerprint density at radius 1 is 1.50 bits per heavy atom. The summed E-state index contributed by atoms with van der Waals surface area (Å²) in [7, 11) is 1.72. The van der Waals surface area contributed by atoms with Crippen molar-refractivity contribution in [2.75, 3.05) is 7.11 Å². The minimum atomic E-state index is -0.194. The van der Waals surface area contributed by atoms with Crippen LogP contribution in [0.1, 0.15) is 26.2 Å². The number of carbonyl (C=O) groups is 1. The standard InChI is InChI=1S/C11H16O3/c1-7-5-11(12)14-10-6-8(13-2)3-4-9(7)10/h5,8-10H,3-4,6H2,1-2H3. The van der Waals surface area contributed by atoms with Crippen molar-refractivity contribution >= 4 is 5.97 Å². The van der Waals surface area contributed by atoms with E-state index >= 15 is 0 Å². The Labute approximate surface area is 84.1 Å². The van der Waals surface area contributed by atoms with Crippen LogP contribution < -0.4 is 0 Å². The van der Waals surface area contributed by atoms with Crippen LogP contribution in [0.5, 0.6) is 0 Å². The number of esters is 1. The summed E-state index contributed by atoms with van der Waals surface area (Å²) in [5.41, 5.74) is 1.17. The maximum absolute atomic E-state index is 11.2. The molecule has 0 aromatic heterocycles. The van der Waals surface area contributed by atoms with Gasteiger partial charge in [0, 0.05) is 25.5 Å². The van der Waals surface area contributed by atoms with Gasteiger partial charge in [-0.3, -0.25) is 0 Å². The van der Waals surface area contributed by atoms with E-state index in [0.717, 1.165) is 19.3 Å². The van der Waals surface area contributed by atoms with Crippen LogP contribution in [0, 0.1) is 5.92 Å². The Kier molecular flexibility index (Phi) is 2.59. The van der Waals surface area contributed by atoms with Gasteiger partial charge in [0.05, 0.1) is 6.10 Å². The van der Waals surface area contributed by atoms with Gasteiger partial charge in [0.2, 0.25) is 0 Å². The predicted octanol–water partition coefficient (Wildman–Crippen LogP) is 1.67. The Morgan fingerprint density at radius 2 is 2.29 bits per heavy atom. The summed E-state index contributed by atoms with van der Waals surface area (Å²) in [5, 5.41) is 0. The summed E-state index contributed by atoms with van der Waals surface area (Å²) in [5.74, 6) is 0.236. The molecule has 0 aromatic carbocycles. The van der Waals surface area contributed by atoms with Gasteiger partial charge in [-0.2, -0.15) is 0 Å². The molecular formula is C11H16O3. The van der Waals surface area contributed by atoms with Crippen LogP contribution in [0.2, 0.25) is 0 Å². The second-order valence-corrected chi connectivity index (χ2v) is 4.14. The SMILES string of the molecule is COC1CCC2C(C)=CC(=O)OC2C1. The third-order valence-corrected chi connectivity index (χ3v) is 3.27. The van der Waals surface area contributed by atoms with E-state index in [-0.39, 0.29) is 18.2 Å². The summed E-state index contributed by atoms with van der Waals surface area (Å²) >= 11 is 0. The number of fused-ring (bicyclic) bond motifs is 1. The largest absolute Gasteiger partial charge is 0.458 e. The van der Waals surface area contributed by atoms with E-state index in [4.69, 9.17) is 9.47 Å². The first-order valence-corrected chi connectivity index (χ1v) is 5.12. The number of rotatable bonds is 1. The zero-order valence-corrected chi connectivity index (χ0v) is 8.66. The van der Waals surface area contributed by atoms with Gasteiger partial charge in [-0.1, -0.05) is 5.57 Å². The van der Waals surface area contributed by atoms with Crippen LogP contribution in [0.3, 0.4) is 0 Å². The van der Waals surface area contributed by atoms with E-state index in [0.29, 0.717) is 5.92 Å². The van der Waals surface area contributed by atoms with Crippen molar-refractivity contribution < 1.29 is 14.3 Å². The van der Waals surface area contributed by atoms with Gasteiger partial charge >= 0.3 is 5.97 Å². The summed E-state index contributed by atoms with van der Waals surface area (Å²) in [6, 6.07) is 0. The molecule has 14 heavy (non-hydrogen) atoms. The maximum Gasteiger partial charge on any atom is 0.330 e. The lowest BCUT2D eigenvalue weighted by Crippen LogP contribution is -2.39. The quantitative estimate of drug-likeness (QED) is 0.598. The summed E-state index contributed by atoms with van der Waals surface area (Å²) in [6.45, 7) is 2.02. The van der Waals surface area contributed by atoms with Crippen LogP contribution in [0.4, 0.5) is 0 Å². The molecule has 1 aliphatic heterocycles. The van der Waals surface area contributed by atoms with Crippen molar-refractivity contribution in [2.45, 2.75) is 38.4 Å². The molecule has 2 rings (SSSR count). The molecule has 3 unspecified atom stereocenters. The summed E-state index contributed by atoms with van der Waals surface area (Å²) in [4.78, 5) is 11.2. The predicted molar refractivity (Wildman–Crippen MR) is 51.8 cm³/mol. The van der Waals surface area contributed by atoms with E-state index in [1.807, 2.05) is 6.92 Å². The van der Waals surface area contributed by atoms with Crippen LogP contribution in [-0.2, 0) is 14.3 Å². The molecule has 1 saturated carbocycles. The lowest BCUT2D eigenvalue weighted by Gasteiger charge is -2.37. The molecule has 1 aliphatic carbocycles. The van der Waals surface area contributed by atoms with Crippen molar-refractivity contribution in [2.24, 2.45) is 5.92 Å². The lowest BCUT2D eigenvalue weighted by atomic mass is 9.79. The molecule has 0 saturated heterocycles. The maximum atomic E-state index is 11.2. The topological polar surface area (TPSA) is 35.5 Å². The van der Waals surface area contributed by atoms with Gasteiger partial charge in [-0.05, 0) is 19.8 Å². The molecule has 3 heteroatoms. The first-order chi connectivity index (χ1) is 6.70. The first-order valence-electron chi connectivity index (χ1n) is 5.12. The number of methoxy groups -OCH3 is 1. The molecule has 0 aromatic rings. The number of carbonyl (C=O) groups excluding carboxylic acids is 1.